The van der Waals surface area contributed by atoms with Gasteiger partial charge >= 0.3 is 0 Å². The molecule has 1 aliphatic heterocycles. The van der Waals surface area contributed by atoms with E-state index in [0.717, 1.165) is 34.6 Å². The number of nitrogens with one attached hydrogen (secondary N) is 1. The minimum atomic E-state index is 0.681. The quantitative estimate of drug-likeness (QED) is 0.868. The summed E-state index contributed by atoms with van der Waals surface area (Å²) in [4.78, 5) is 2.26. The van der Waals surface area contributed by atoms with Crippen molar-refractivity contribution >= 4 is 33.0 Å². The lowest BCUT2D eigenvalue weighted by molar-refractivity contribution is 0.924. The molecular weight excluding hydrogens is 302 g/mol. The number of fused-ring (bicyclic) bond motifs is 1. The second-order valence-corrected chi connectivity index (χ2v) is 5.23. The number of rotatable bonds is 1. The molecule has 0 aromatic heterocycles. The number of nitriles is 1. The second-order valence-electron chi connectivity index (χ2n) is 4.37. The second kappa shape index (κ2) is 4.94. The first-order chi connectivity index (χ1) is 9.29. The molecule has 0 unspecified atom stereocenters. The molecule has 0 radical (unpaired) electrons. The third-order valence-corrected chi connectivity index (χ3v) is 3.88. The molecule has 1 aliphatic rings. The number of anilines is 3. The van der Waals surface area contributed by atoms with Gasteiger partial charge in [0.05, 0.1) is 28.7 Å². The summed E-state index contributed by atoms with van der Waals surface area (Å²) in [6, 6.07) is 16.1. The van der Waals surface area contributed by atoms with Crippen LogP contribution < -0.4 is 10.2 Å². The predicted molar refractivity (Wildman–Crippen MR) is 80.8 cm³/mol. The highest BCUT2D eigenvalue weighted by atomic mass is 79.9. The minimum absolute atomic E-state index is 0.681. The van der Waals surface area contributed by atoms with Gasteiger partial charge in [0, 0.05) is 17.6 Å². The molecule has 0 spiro atoms. The van der Waals surface area contributed by atoms with E-state index in [9.17, 15) is 0 Å². The molecule has 0 fully saturated rings. The van der Waals surface area contributed by atoms with Crippen molar-refractivity contribution in [3.8, 4) is 6.07 Å². The largest absolute Gasteiger partial charge is 0.382 e. The van der Waals surface area contributed by atoms with Crippen molar-refractivity contribution in [1.29, 1.82) is 5.26 Å². The highest BCUT2D eigenvalue weighted by molar-refractivity contribution is 9.10. The van der Waals surface area contributed by atoms with Crippen LogP contribution in [0.5, 0.6) is 0 Å². The van der Waals surface area contributed by atoms with Crippen molar-refractivity contribution in [1.82, 2.24) is 0 Å². The summed E-state index contributed by atoms with van der Waals surface area (Å²) in [5.74, 6) is 0. The van der Waals surface area contributed by atoms with Gasteiger partial charge in [0.2, 0.25) is 0 Å². The summed E-state index contributed by atoms with van der Waals surface area (Å²) in [7, 11) is 0. The lowest BCUT2D eigenvalue weighted by Crippen LogP contribution is -2.30. The van der Waals surface area contributed by atoms with E-state index in [-0.39, 0.29) is 0 Å². The summed E-state index contributed by atoms with van der Waals surface area (Å²) >= 11 is 3.60. The molecule has 1 heterocycles. The predicted octanol–water partition coefficient (Wildman–Crippen LogP) is 3.88. The van der Waals surface area contributed by atoms with Crippen LogP contribution in [0, 0.1) is 11.3 Å². The lowest BCUT2D eigenvalue weighted by Gasteiger charge is -2.32. The van der Waals surface area contributed by atoms with E-state index in [1.54, 1.807) is 0 Å². The monoisotopic (exact) mass is 313 g/mol. The van der Waals surface area contributed by atoms with Gasteiger partial charge in [-0.15, -0.1) is 0 Å². The van der Waals surface area contributed by atoms with Gasteiger partial charge in [-0.25, -0.2) is 0 Å². The highest BCUT2D eigenvalue weighted by Gasteiger charge is 2.19. The molecule has 3 nitrogen and oxygen atoms in total. The van der Waals surface area contributed by atoms with Gasteiger partial charge in [0.25, 0.3) is 0 Å². The Balaban J connectivity index is 2.09. The third-order valence-electron chi connectivity index (χ3n) is 3.21. The van der Waals surface area contributed by atoms with E-state index in [2.05, 4.69) is 38.3 Å². The van der Waals surface area contributed by atoms with Crippen LogP contribution in [0.1, 0.15) is 5.56 Å². The van der Waals surface area contributed by atoms with Crippen LogP contribution in [0.25, 0.3) is 0 Å². The maximum absolute atomic E-state index is 8.97. The molecule has 0 bridgehead atoms. The number of benzene rings is 2. The molecule has 4 heteroatoms. The number of para-hydroxylation sites is 1. The molecule has 0 aliphatic carbocycles. The van der Waals surface area contributed by atoms with Crippen molar-refractivity contribution in [2.24, 2.45) is 0 Å². The average Bonchev–Trinajstić information content (AvgIpc) is 2.46. The van der Waals surface area contributed by atoms with Crippen LogP contribution >= 0.6 is 15.9 Å². The van der Waals surface area contributed by atoms with E-state index in [1.165, 1.54) is 0 Å². The molecule has 0 amide bonds. The molecule has 1 N–H and O–H groups in total. The molecule has 2 aromatic carbocycles. The fraction of sp³-hybridized carbons (Fsp3) is 0.133. The van der Waals surface area contributed by atoms with E-state index in [1.807, 2.05) is 36.4 Å². The van der Waals surface area contributed by atoms with Crippen molar-refractivity contribution in [3.05, 3.63) is 52.5 Å². The zero-order chi connectivity index (χ0) is 13.2. The molecular formula is C15H12BrN3. The van der Waals surface area contributed by atoms with E-state index in [4.69, 9.17) is 5.26 Å². The van der Waals surface area contributed by atoms with Gasteiger partial charge in [0.1, 0.15) is 0 Å². The summed E-state index contributed by atoms with van der Waals surface area (Å²) < 4.78 is 1.08. The fourth-order valence-corrected chi connectivity index (χ4v) is 2.83. The molecule has 0 atom stereocenters. The number of hydrogen-bond donors (Lipinski definition) is 1. The molecule has 0 saturated carbocycles. The Morgan fingerprint density at radius 2 is 2.00 bits per heavy atom. The van der Waals surface area contributed by atoms with Crippen LogP contribution in [-0.4, -0.2) is 13.1 Å². The molecule has 0 saturated heterocycles. The zero-order valence-corrected chi connectivity index (χ0v) is 11.8. The van der Waals surface area contributed by atoms with Gasteiger partial charge in [-0.05, 0) is 46.3 Å². The van der Waals surface area contributed by atoms with Crippen molar-refractivity contribution in [3.63, 3.8) is 0 Å². The lowest BCUT2D eigenvalue weighted by atomic mass is 10.1. The Morgan fingerprint density at radius 3 is 2.79 bits per heavy atom. The number of halogens is 1. The van der Waals surface area contributed by atoms with Gasteiger partial charge < -0.3 is 10.2 Å². The van der Waals surface area contributed by atoms with Gasteiger partial charge in [-0.3, -0.25) is 0 Å². The van der Waals surface area contributed by atoms with E-state index >= 15 is 0 Å². The Kier molecular flexibility index (Phi) is 3.14. The Bertz CT molecular complexity index is 661. The first-order valence-electron chi connectivity index (χ1n) is 6.09. The van der Waals surface area contributed by atoms with Crippen LogP contribution in [0.15, 0.2) is 46.9 Å². The van der Waals surface area contributed by atoms with Gasteiger partial charge in [0.15, 0.2) is 0 Å². The molecule has 2 aromatic rings. The van der Waals surface area contributed by atoms with Crippen molar-refractivity contribution in [2.75, 3.05) is 23.3 Å². The Hall–Kier alpha value is -1.99. The standard InChI is InChI=1S/C15H12BrN3/c16-12-3-1-2-4-14(12)19-8-7-18-13-9-11(10-17)5-6-15(13)19/h1-6,9,18H,7-8H2. The average molecular weight is 314 g/mol. The third kappa shape index (κ3) is 2.18. The summed E-state index contributed by atoms with van der Waals surface area (Å²) in [5, 5.41) is 12.3. The fourth-order valence-electron chi connectivity index (χ4n) is 2.33. The van der Waals surface area contributed by atoms with Crippen LogP contribution in [0.2, 0.25) is 0 Å². The van der Waals surface area contributed by atoms with Crippen molar-refractivity contribution in [2.45, 2.75) is 0 Å². The maximum Gasteiger partial charge on any atom is 0.0992 e. The first-order valence-corrected chi connectivity index (χ1v) is 6.89. The molecule has 19 heavy (non-hydrogen) atoms. The Labute approximate surface area is 120 Å². The van der Waals surface area contributed by atoms with Crippen molar-refractivity contribution < 1.29 is 0 Å². The maximum atomic E-state index is 8.97. The first kappa shape index (κ1) is 12.1. The number of hydrogen-bond acceptors (Lipinski definition) is 3. The number of nitrogens with zero attached hydrogens (tertiary/aromatic N) is 2. The SMILES string of the molecule is N#Cc1ccc2c(c1)NCCN2c1ccccc1Br. The van der Waals surface area contributed by atoms with Crippen LogP contribution in [-0.2, 0) is 0 Å². The van der Waals surface area contributed by atoms with Gasteiger partial charge in [-0.2, -0.15) is 5.26 Å². The normalized spacial score (nSPS) is 13.4. The van der Waals surface area contributed by atoms with E-state index in [0.29, 0.717) is 5.56 Å². The zero-order valence-electron chi connectivity index (χ0n) is 10.2. The van der Waals surface area contributed by atoms with Crippen LogP contribution in [0.4, 0.5) is 17.1 Å². The highest BCUT2D eigenvalue weighted by Crippen LogP contribution is 2.38. The van der Waals surface area contributed by atoms with Gasteiger partial charge in [-0.1, -0.05) is 12.1 Å². The summed E-state index contributed by atoms with van der Waals surface area (Å²) in [5.41, 5.74) is 3.95. The van der Waals surface area contributed by atoms with E-state index < -0.39 is 0 Å². The minimum Gasteiger partial charge on any atom is -0.382 e. The topological polar surface area (TPSA) is 39.1 Å². The Morgan fingerprint density at radius 1 is 1.16 bits per heavy atom. The molecule has 94 valence electrons. The smallest absolute Gasteiger partial charge is 0.0992 e. The molecule has 3 rings (SSSR count). The van der Waals surface area contributed by atoms with Crippen LogP contribution in [0.3, 0.4) is 0 Å². The summed E-state index contributed by atoms with van der Waals surface area (Å²) in [6.45, 7) is 1.77. The summed E-state index contributed by atoms with van der Waals surface area (Å²) in [6.07, 6.45) is 0.